The quantitative estimate of drug-likeness (QED) is 0.836. The van der Waals surface area contributed by atoms with Crippen LogP contribution >= 0.6 is 11.6 Å². The number of benzene rings is 1. The van der Waals surface area contributed by atoms with Crippen LogP contribution in [-0.4, -0.2) is 34.4 Å². The van der Waals surface area contributed by atoms with Gasteiger partial charge in [0, 0.05) is 5.69 Å². The maximum atomic E-state index is 11.2. The number of carboxylic acid groups (broad SMARTS) is 1. The predicted molar refractivity (Wildman–Crippen MR) is 75.1 cm³/mol. The molecule has 0 aliphatic rings. The summed E-state index contributed by atoms with van der Waals surface area (Å²) in [5, 5.41) is 19.5. The minimum absolute atomic E-state index is 0.0270. The molecule has 0 amide bonds. The van der Waals surface area contributed by atoms with Gasteiger partial charge in [-0.05, 0) is 30.3 Å². The topological polar surface area (TPSA) is 101 Å². The molecule has 0 saturated heterocycles. The van der Waals surface area contributed by atoms with Crippen molar-refractivity contribution in [2.75, 3.05) is 12.4 Å². The number of carbonyl (C=O) groups is 2. The molecule has 1 aromatic carbocycles. The summed E-state index contributed by atoms with van der Waals surface area (Å²) in [7, 11) is 1.25. The summed E-state index contributed by atoms with van der Waals surface area (Å²) in [6.45, 7) is 0. The zero-order valence-corrected chi connectivity index (χ0v) is 11.6. The average Bonchev–Trinajstić information content (AvgIpc) is 2.49. The number of hydrogen-bond donors (Lipinski definition) is 2. The van der Waals surface area contributed by atoms with Crippen molar-refractivity contribution in [1.29, 1.82) is 0 Å². The van der Waals surface area contributed by atoms with E-state index in [2.05, 4.69) is 20.3 Å². The average molecular weight is 308 g/mol. The molecule has 0 unspecified atom stereocenters. The molecule has 0 radical (unpaired) electrons. The van der Waals surface area contributed by atoms with E-state index in [-0.39, 0.29) is 16.3 Å². The number of nitrogens with one attached hydrogen (secondary N) is 1. The van der Waals surface area contributed by atoms with Gasteiger partial charge in [0.25, 0.3) is 0 Å². The fourth-order valence-electron chi connectivity index (χ4n) is 1.53. The van der Waals surface area contributed by atoms with Crippen molar-refractivity contribution in [3.63, 3.8) is 0 Å². The molecule has 108 valence electrons. The van der Waals surface area contributed by atoms with Crippen LogP contribution < -0.4 is 5.32 Å². The molecule has 0 spiro atoms. The van der Waals surface area contributed by atoms with E-state index in [0.29, 0.717) is 11.5 Å². The lowest BCUT2D eigenvalue weighted by atomic mass is 10.2. The first-order chi connectivity index (χ1) is 10.0. The fraction of sp³-hybridized carbons (Fsp3) is 0.0769. The van der Waals surface area contributed by atoms with E-state index >= 15 is 0 Å². The van der Waals surface area contributed by atoms with Gasteiger partial charge in [0.05, 0.1) is 17.7 Å². The van der Waals surface area contributed by atoms with E-state index in [1.165, 1.54) is 31.4 Å². The Balaban J connectivity index is 2.20. The Morgan fingerprint density at radius 1 is 1.24 bits per heavy atom. The Morgan fingerprint density at radius 3 is 2.57 bits per heavy atom. The molecule has 0 fully saturated rings. The van der Waals surface area contributed by atoms with Crippen LogP contribution in [0.2, 0.25) is 5.02 Å². The number of rotatable bonds is 4. The summed E-state index contributed by atoms with van der Waals surface area (Å²) in [6.07, 6.45) is 0. The third-order valence-electron chi connectivity index (χ3n) is 2.53. The molecule has 0 bridgehead atoms. The zero-order valence-electron chi connectivity index (χ0n) is 10.8. The van der Waals surface area contributed by atoms with Crippen molar-refractivity contribution in [3.05, 3.63) is 46.6 Å². The number of ether oxygens (including phenoxy) is 1. The monoisotopic (exact) mass is 307 g/mol. The van der Waals surface area contributed by atoms with E-state index in [9.17, 15) is 9.59 Å². The minimum Gasteiger partial charge on any atom is -0.478 e. The number of aromatic carboxylic acids is 1. The first kappa shape index (κ1) is 14.7. The van der Waals surface area contributed by atoms with Gasteiger partial charge in [0.15, 0.2) is 11.5 Å². The van der Waals surface area contributed by atoms with Crippen molar-refractivity contribution >= 4 is 35.0 Å². The number of halogens is 1. The summed E-state index contributed by atoms with van der Waals surface area (Å²) < 4.78 is 4.51. The number of nitrogens with zero attached hydrogens (tertiary/aromatic N) is 2. The Morgan fingerprint density at radius 2 is 2.00 bits per heavy atom. The third-order valence-corrected chi connectivity index (χ3v) is 2.86. The van der Waals surface area contributed by atoms with Crippen LogP contribution in [0.5, 0.6) is 0 Å². The first-order valence-electron chi connectivity index (χ1n) is 5.73. The summed E-state index contributed by atoms with van der Waals surface area (Å²) in [4.78, 5) is 22.2. The molecule has 1 heterocycles. The Labute approximate surface area is 124 Å². The molecule has 0 aliphatic heterocycles. The zero-order chi connectivity index (χ0) is 15.4. The van der Waals surface area contributed by atoms with Crippen molar-refractivity contribution in [1.82, 2.24) is 10.2 Å². The Bertz CT molecular complexity index is 688. The second kappa shape index (κ2) is 6.19. The molecule has 0 atom stereocenters. The van der Waals surface area contributed by atoms with E-state index in [1.54, 1.807) is 6.07 Å². The molecule has 7 nitrogen and oxygen atoms in total. The molecule has 2 rings (SSSR count). The van der Waals surface area contributed by atoms with Gasteiger partial charge < -0.3 is 15.2 Å². The summed E-state index contributed by atoms with van der Waals surface area (Å²) in [5.41, 5.74) is 0.531. The van der Waals surface area contributed by atoms with Crippen molar-refractivity contribution in [2.45, 2.75) is 0 Å². The highest BCUT2D eigenvalue weighted by molar-refractivity contribution is 6.33. The van der Waals surface area contributed by atoms with Crippen LogP contribution in [0.25, 0.3) is 0 Å². The van der Waals surface area contributed by atoms with Crippen LogP contribution in [0.15, 0.2) is 30.3 Å². The number of carbonyl (C=O) groups excluding carboxylic acids is 1. The second-order valence-corrected chi connectivity index (χ2v) is 4.33. The van der Waals surface area contributed by atoms with Gasteiger partial charge in [-0.1, -0.05) is 11.6 Å². The highest BCUT2D eigenvalue weighted by Gasteiger charge is 2.11. The molecular weight excluding hydrogens is 298 g/mol. The molecule has 1 aromatic heterocycles. The molecule has 0 aliphatic carbocycles. The van der Waals surface area contributed by atoms with Crippen LogP contribution in [0.4, 0.5) is 11.5 Å². The van der Waals surface area contributed by atoms with Crippen molar-refractivity contribution < 1.29 is 19.4 Å². The van der Waals surface area contributed by atoms with Gasteiger partial charge in [-0.2, -0.15) is 0 Å². The molecule has 8 heteroatoms. The lowest BCUT2D eigenvalue weighted by molar-refractivity contribution is 0.0592. The van der Waals surface area contributed by atoms with Crippen LogP contribution in [-0.2, 0) is 4.74 Å². The smallest absolute Gasteiger partial charge is 0.358 e. The lowest BCUT2D eigenvalue weighted by Crippen LogP contribution is -2.06. The Hall–Kier alpha value is -2.67. The highest BCUT2D eigenvalue weighted by atomic mass is 35.5. The van der Waals surface area contributed by atoms with Crippen LogP contribution in [0.1, 0.15) is 20.8 Å². The van der Waals surface area contributed by atoms with Gasteiger partial charge in [-0.25, -0.2) is 9.59 Å². The van der Waals surface area contributed by atoms with Crippen molar-refractivity contribution in [3.8, 4) is 0 Å². The number of aromatic nitrogens is 2. The molecular formula is C13H10ClN3O4. The van der Waals surface area contributed by atoms with Gasteiger partial charge >= 0.3 is 11.9 Å². The maximum Gasteiger partial charge on any atom is 0.358 e. The third kappa shape index (κ3) is 3.46. The fourth-order valence-corrected chi connectivity index (χ4v) is 1.73. The van der Waals surface area contributed by atoms with Gasteiger partial charge in [-0.3, -0.25) is 0 Å². The predicted octanol–water partition coefficient (Wildman–Crippen LogP) is 2.36. The summed E-state index contributed by atoms with van der Waals surface area (Å²) >= 11 is 5.78. The number of hydrogen-bond acceptors (Lipinski definition) is 6. The first-order valence-corrected chi connectivity index (χ1v) is 6.11. The number of esters is 1. The van der Waals surface area contributed by atoms with E-state index < -0.39 is 11.9 Å². The van der Waals surface area contributed by atoms with E-state index in [1.807, 2.05) is 0 Å². The molecule has 21 heavy (non-hydrogen) atoms. The molecule has 2 N–H and O–H groups in total. The van der Waals surface area contributed by atoms with Gasteiger partial charge in [0.2, 0.25) is 0 Å². The molecule has 0 saturated carbocycles. The van der Waals surface area contributed by atoms with Crippen LogP contribution in [0.3, 0.4) is 0 Å². The SMILES string of the molecule is COC(=O)c1ccc(Nc2ccc(Cl)c(C(=O)O)c2)nn1. The minimum atomic E-state index is -1.13. The number of anilines is 2. The second-order valence-electron chi connectivity index (χ2n) is 3.92. The summed E-state index contributed by atoms with van der Waals surface area (Å²) in [6, 6.07) is 7.40. The van der Waals surface area contributed by atoms with E-state index in [0.717, 1.165) is 0 Å². The van der Waals surface area contributed by atoms with Gasteiger partial charge in [0.1, 0.15) is 0 Å². The van der Waals surface area contributed by atoms with Crippen LogP contribution in [0, 0.1) is 0 Å². The van der Waals surface area contributed by atoms with Gasteiger partial charge in [-0.15, -0.1) is 10.2 Å². The summed E-state index contributed by atoms with van der Waals surface area (Å²) in [5.74, 6) is -1.37. The standard InChI is InChI=1S/C13H10ClN3O4/c1-21-13(20)10-4-5-11(17-16-10)15-7-2-3-9(14)8(6-7)12(18)19/h2-6H,1H3,(H,15,17)(H,18,19). The molecule has 2 aromatic rings. The highest BCUT2D eigenvalue weighted by Crippen LogP contribution is 2.22. The normalized spacial score (nSPS) is 10.0. The maximum absolute atomic E-state index is 11.2. The van der Waals surface area contributed by atoms with E-state index in [4.69, 9.17) is 16.7 Å². The van der Waals surface area contributed by atoms with Crippen molar-refractivity contribution in [2.24, 2.45) is 0 Å². The number of methoxy groups -OCH3 is 1. The largest absolute Gasteiger partial charge is 0.478 e. The Kier molecular flexibility index (Phi) is 4.34. The number of carboxylic acids is 1. The lowest BCUT2D eigenvalue weighted by Gasteiger charge is -2.07.